The predicted octanol–water partition coefficient (Wildman–Crippen LogP) is 2.91. The highest BCUT2D eigenvalue weighted by atomic mass is 16.5. The lowest BCUT2D eigenvalue weighted by molar-refractivity contribution is -0.138. The lowest BCUT2D eigenvalue weighted by Gasteiger charge is -2.29. The van der Waals surface area contributed by atoms with E-state index in [9.17, 15) is 9.59 Å². The zero-order valence-electron chi connectivity index (χ0n) is 18.6. The van der Waals surface area contributed by atoms with Crippen molar-refractivity contribution in [2.24, 2.45) is 5.92 Å². The largest absolute Gasteiger partial charge is 0.361 e. The maximum atomic E-state index is 13.3. The first-order valence-corrected chi connectivity index (χ1v) is 11.2. The van der Waals surface area contributed by atoms with Gasteiger partial charge in [-0.05, 0) is 46.5 Å². The van der Waals surface area contributed by atoms with Crippen LogP contribution in [-0.4, -0.2) is 56.5 Å². The summed E-state index contributed by atoms with van der Waals surface area (Å²) >= 11 is 0. The first-order chi connectivity index (χ1) is 14.9. The highest BCUT2D eigenvalue weighted by molar-refractivity contribution is 5.80. The molecule has 168 valence electrons. The van der Waals surface area contributed by atoms with Gasteiger partial charge < -0.3 is 18.8 Å². The van der Waals surface area contributed by atoms with Gasteiger partial charge in [-0.2, -0.15) is 4.98 Å². The number of amides is 2. The molecule has 1 atom stereocenters. The molecule has 3 heterocycles. The van der Waals surface area contributed by atoms with Crippen LogP contribution in [0.4, 0.5) is 0 Å². The topological polar surface area (TPSA) is 106 Å². The second kappa shape index (κ2) is 9.20. The summed E-state index contributed by atoms with van der Waals surface area (Å²) in [6.07, 6.45) is 5.66. The quantitative estimate of drug-likeness (QED) is 0.719. The highest BCUT2D eigenvalue weighted by Crippen LogP contribution is 2.32. The molecule has 0 spiro atoms. The van der Waals surface area contributed by atoms with Crippen molar-refractivity contribution >= 4 is 11.8 Å². The average Bonchev–Trinajstić information content (AvgIpc) is 3.46. The van der Waals surface area contributed by atoms with Crippen LogP contribution in [0.25, 0.3) is 0 Å². The molecule has 0 aromatic carbocycles. The smallest absolute Gasteiger partial charge is 0.249 e. The van der Waals surface area contributed by atoms with Gasteiger partial charge >= 0.3 is 0 Å². The monoisotopic (exact) mass is 429 g/mol. The molecule has 1 saturated heterocycles. The van der Waals surface area contributed by atoms with E-state index in [4.69, 9.17) is 9.05 Å². The Kier molecular flexibility index (Phi) is 6.38. The van der Waals surface area contributed by atoms with Gasteiger partial charge in [0.1, 0.15) is 11.8 Å². The van der Waals surface area contributed by atoms with Crippen molar-refractivity contribution < 1.29 is 18.6 Å². The van der Waals surface area contributed by atoms with Gasteiger partial charge in [0.05, 0.1) is 5.69 Å². The van der Waals surface area contributed by atoms with Crippen molar-refractivity contribution in [3.05, 3.63) is 28.7 Å². The van der Waals surface area contributed by atoms with Crippen molar-refractivity contribution in [1.29, 1.82) is 0 Å². The van der Waals surface area contributed by atoms with Crippen LogP contribution >= 0.6 is 0 Å². The van der Waals surface area contributed by atoms with Gasteiger partial charge in [0, 0.05) is 37.5 Å². The molecule has 31 heavy (non-hydrogen) atoms. The molecular formula is C22H31N5O4. The second-order valence-corrected chi connectivity index (χ2v) is 8.68. The minimum atomic E-state index is -0.283. The Balaban J connectivity index is 1.46. The van der Waals surface area contributed by atoms with Crippen molar-refractivity contribution in [2.75, 3.05) is 19.6 Å². The molecule has 2 amide bonds. The van der Waals surface area contributed by atoms with E-state index >= 15 is 0 Å². The molecule has 0 bridgehead atoms. The van der Waals surface area contributed by atoms with E-state index in [2.05, 4.69) is 15.3 Å². The van der Waals surface area contributed by atoms with Gasteiger partial charge in [-0.1, -0.05) is 23.2 Å². The lowest BCUT2D eigenvalue weighted by Crippen LogP contribution is -2.41. The van der Waals surface area contributed by atoms with E-state index in [0.717, 1.165) is 42.7 Å². The molecule has 2 aromatic heterocycles. The van der Waals surface area contributed by atoms with E-state index in [1.54, 1.807) is 6.92 Å². The maximum absolute atomic E-state index is 13.3. The van der Waals surface area contributed by atoms with Crippen LogP contribution in [0.15, 0.2) is 9.05 Å². The summed E-state index contributed by atoms with van der Waals surface area (Å²) in [5.41, 5.74) is 1.83. The van der Waals surface area contributed by atoms with E-state index in [1.165, 1.54) is 0 Å². The Morgan fingerprint density at radius 3 is 2.42 bits per heavy atom. The molecule has 1 aliphatic carbocycles. The molecule has 4 rings (SSSR count). The molecule has 1 aliphatic heterocycles. The van der Waals surface area contributed by atoms with Crippen LogP contribution in [0.3, 0.4) is 0 Å². The SMILES string of the molecule is Cc1noc(C2CCN(C(=O)CCc3c(C)noc3C)CCN2C(=O)C2CCCC2)n1. The first kappa shape index (κ1) is 21.5. The summed E-state index contributed by atoms with van der Waals surface area (Å²) in [5, 5.41) is 7.89. The fourth-order valence-electron chi connectivity index (χ4n) is 4.80. The summed E-state index contributed by atoms with van der Waals surface area (Å²) in [6.45, 7) is 7.10. The Hall–Kier alpha value is -2.71. The summed E-state index contributed by atoms with van der Waals surface area (Å²) in [6, 6.07) is -0.283. The van der Waals surface area contributed by atoms with Crippen LogP contribution < -0.4 is 0 Å². The third-order valence-electron chi connectivity index (χ3n) is 6.60. The summed E-state index contributed by atoms with van der Waals surface area (Å²) in [7, 11) is 0. The van der Waals surface area contributed by atoms with Crippen LogP contribution in [0, 0.1) is 26.7 Å². The molecule has 9 heteroatoms. The van der Waals surface area contributed by atoms with Crippen molar-refractivity contribution in [2.45, 2.75) is 71.8 Å². The van der Waals surface area contributed by atoms with E-state index in [1.807, 2.05) is 23.6 Å². The molecule has 9 nitrogen and oxygen atoms in total. The Bertz CT molecular complexity index is 911. The van der Waals surface area contributed by atoms with Crippen LogP contribution in [0.1, 0.15) is 73.3 Å². The van der Waals surface area contributed by atoms with Crippen molar-refractivity contribution in [3.63, 3.8) is 0 Å². The van der Waals surface area contributed by atoms with E-state index in [0.29, 0.717) is 50.6 Å². The molecule has 1 unspecified atom stereocenters. The number of aryl methyl sites for hydroxylation is 3. The van der Waals surface area contributed by atoms with Crippen LogP contribution in [0.2, 0.25) is 0 Å². The fraction of sp³-hybridized carbons (Fsp3) is 0.682. The molecule has 0 N–H and O–H groups in total. The minimum Gasteiger partial charge on any atom is -0.361 e. The van der Waals surface area contributed by atoms with Gasteiger partial charge in [-0.25, -0.2) is 0 Å². The first-order valence-electron chi connectivity index (χ1n) is 11.2. The summed E-state index contributed by atoms with van der Waals surface area (Å²) in [4.78, 5) is 34.4. The lowest BCUT2D eigenvalue weighted by atomic mass is 10.0. The summed E-state index contributed by atoms with van der Waals surface area (Å²) < 4.78 is 10.6. The maximum Gasteiger partial charge on any atom is 0.249 e. The fourth-order valence-corrected chi connectivity index (χ4v) is 4.80. The second-order valence-electron chi connectivity index (χ2n) is 8.68. The normalized spacial score (nSPS) is 20.3. The third kappa shape index (κ3) is 4.65. The van der Waals surface area contributed by atoms with Crippen molar-refractivity contribution in [3.8, 4) is 0 Å². The highest BCUT2D eigenvalue weighted by Gasteiger charge is 2.37. The van der Waals surface area contributed by atoms with Gasteiger partial charge in [-0.3, -0.25) is 9.59 Å². The van der Waals surface area contributed by atoms with Gasteiger partial charge in [0.2, 0.25) is 17.7 Å². The number of aromatic nitrogens is 3. The molecule has 0 radical (unpaired) electrons. The van der Waals surface area contributed by atoms with Crippen LogP contribution in [-0.2, 0) is 16.0 Å². The number of carbonyl (C=O) groups excluding carboxylic acids is 2. The average molecular weight is 430 g/mol. The number of hydrogen-bond donors (Lipinski definition) is 0. The van der Waals surface area contributed by atoms with Gasteiger partial charge in [-0.15, -0.1) is 0 Å². The van der Waals surface area contributed by atoms with E-state index in [-0.39, 0.29) is 23.8 Å². The van der Waals surface area contributed by atoms with Crippen molar-refractivity contribution in [1.82, 2.24) is 25.1 Å². The number of rotatable bonds is 5. The Morgan fingerprint density at radius 1 is 1.00 bits per heavy atom. The molecule has 1 saturated carbocycles. The molecule has 2 aromatic rings. The molecular weight excluding hydrogens is 398 g/mol. The standard InChI is InChI=1S/C22H31N5O4/c1-14-18(15(2)30-24-14)8-9-20(28)26-11-10-19(21-23-16(3)25-31-21)27(13-12-26)22(29)17-6-4-5-7-17/h17,19H,4-13H2,1-3H3. The number of nitrogens with zero attached hydrogens (tertiary/aromatic N) is 5. The number of carbonyl (C=O) groups is 2. The predicted molar refractivity (Wildman–Crippen MR) is 111 cm³/mol. The Morgan fingerprint density at radius 2 is 1.77 bits per heavy atom. The Labute approximate surface area is 182 Å². The zero-order valence-corrected chi connectivity index (χ0v) is 18.6. The van der Waals surface area contributed by atoms with E-state index < -0.39 is 0 Å². The molecule has 2 aliphatic rings. The van der Waals surface area contributed by atoms with Gasteiger partial charge in [0.25, 0.3) is 0 Å². The van der Waals surface area contributed by atoms with Crippen LogP contribution in [0.5, 0.6) is 0 Å². The van der Waals surface area contributed by atoms with Gasteiger partial charge in [0.15, 0.2) is 5.82 Å². The number of hydrogen-bond acceptors (Lipinski definition) is 7. The third-order valence-corrected chi connectivity index (χ3v) is 6.60. The minimum absolute atomic E-state index is 0.0633. The molecule has 2 fully saturated rings. The zero-order chi connectivity index (χ0) is 22.0. The summed E-state index contributed by atoms with van der Waals surface area (Å²) in [5.74, 6) is 2.09.